The first kappa shape index (κ1) is 15.4. The van der Waals surface area contributed by atoms with Crippen molar-refractivity contribution in [1.82, 2.24) is 9.97 Å². The Balaban J connectivity index is 2.04. The number of hydrogen-bond donors (Lipinski definition) is 2. The Morgan fingerprint density at radius 1 is 1.15 bits per heavy atom. The average molecular weight is 294 g/mol. The number of nitrogens with one attached hydrogen (secondary N) is 2. The van der Waals surface area contributed by atoms with Crippen molar-refractivity contribution < 1.29 is 0 Å². The highest BCUT2D eigenvalue weighted by Crippen LogP contribution is 2.23. The van der Waals surface area contributed by atoms with Crippen molar-refractivity contribution in [2.75, 3.05) is 23.4 Å². The summed E-state index contributed by atoms with van der Waals surface area (Å²) in [4.78, 5) is 9.09. The van der Waals surface area contributed by atoms with Crippen LogP contribution < -0.4 is 10.6 Å². The van der Waals surface area contributed by atoms with Crippen molar-refractivity contribution in [3.63, 3.8) is 0 Å². The van der Waals surface area contributed by atoms with Crippen LogP contribution in [0.3, 0.4) is 0 Å². The predicted octanol–water partition coefficient (Wildman–Crippen LogP) is 4.16. The van der Waals surface area contributed by atoms with Crippen LogP contribution >= 0.6 is 11.8 Å². The van der Waals surface area contributed by atoms with Crippen LogP contribution in [-0.2, 0) is 0 Å². The fraction of sp³-hybridized carbons (Fsp3) is 0.733. The summed E-state index contributed by atoms with van der Waals surface area (Å²) in [6.07, 6.45) is 11.1. The van der Waals surface area contributed by atoms with Crippen LogP contribution in [0.5, 0.6) is 0 Å². The van der Waals surface area contributed by atoms with E-state index in [0.29, 0.717) is 6.04 Å². The van der Waals surface area contributed by atoms with Crippen molar-refractivity contribution in [2.24, 2.45) is 0 Å². The zero-order valence-corrected chi connectivity index (χ0v) is 13.4. The van der Waals surface area contributed by atoms with Crippen LogP contribution in [0.15, 0.2) is 11.2 Å². The lowest BCUT2D eigenvalue weighted by Gasteiger charge is -2.18. The molecule has 0 unspecified atom stereocenters. The molecule has 1 saturated carbocycles. The van der Waals surface area contributed by atoms with E-state index >= 15 is 0 Å². The van der Waals surface area contributed by atoms with Gasteiger partial charge >= 0.3 is 0 Å². The molecule has 0 aromatic carbocycles. The zero-order valence-electron chi connectivity index (χ0n) is 12.6. The molecule has 0 spiro atoms. The molecule has 20 heavy (non-hydrogen) atoms. The smallest absolute Gasteiger partial charge is 0.191 e. The lowest BCUT2D eigenvalue weighted by molar-refractivity contribution is 0.616. The number of nitrogens with zero attached hydrogens (tertiary/aromatic N) is 2. The maximum atomic E-state index is 4.59. The summed E-state index contributed by atoms with van der Waals surface area (Å²) in [5, 5.41) is 7.80. The Hall–Kier alpha value is -0.970. The van der Waals surface area contributed by atoms with Gasteiger partial charge in [0.05, 0.1) is 0 Å². The molecule has 0 radical (unpaired) electrons. The van der Waals surface area contributed by atoms with Crippen LogP contribution in [0.2, 0.25) is 0 Å². The molecule has 1 aliphatic carbocycles. The molecule has 4 nitrogen and oxygen atoms in total. The summed E-state index contributed by atoms with van der Waals surface area (Å²) in [6, 6.07) is 2.61. The van der Waals surface area contributed by atoms with Gasteiger partial charge in [-0.1, -0.05) is 44.4 Å². The Kier molecular flexibility index (Phi) is 6.43. The summed E-state index contributed by atoms with van der Waals surface area (Å²) in [5.74, 6) is 1.90. The summed E-state index contributed by atoms with van der Waals surface area (Å²) < 4.78 is 0. The average Bonchev–Trinajstić information content (AvgIpc) is 2.73. The van der Waals surface area contributed by atoms with Gasteiger partial charge in [0.25, 0.3) is 0 Å². The molecule has 0 aliphatic heterocycles. The third kappa shape index (κ3) is 4.85. The van der Waals surface area contributed by atoms with Crippen LogP contribution in [0, 0.1) is 0 Å². The predicted molar refractivity (Wildman–Crippen MR) is 87.7 cm³/mol. The first-order valence-electron chi connectivity index (χ1n) is 7.75. The minimum atomic E-state index is 0.570. The van der Waals surface area contributed by atoms with Crippen LogP contribution in [0.1, 0.15) is 51.9 Å². The molecule has 0 amide bonds. The van der Waals surface area contributed by atoms with E-state index in [4.69, 9.17) is 0 Å². The van der Waals surface area contributed by atoms with E-state index in [1.165, 1.54) is 38.5 Å². The van der Waals surface area contributed by atoms with Gasteiger partial charge in [-0.25, -0.2) is 9.97 Å². The van der Waals surface area contributed by atoms with E-state index in [2.05, 4.69) is 27.5 Å². The van der Waals surface area contributed by atoms with Gasteiger partial charge in [0.2, 0.25) is 0 Å². The number of rotatable bonds is 6. The van der Waals surface area contributed by atoms with Gasteiger partial charge in [-0.3, -0.25) is 0 Å². The van der Waals surface area contributed by atoms with E-state index in [0.717, 1.165) is 29.8 Å². The Labute approximate surface area is 126 Å². The molecule has 1 heterocycles. The summed E-state index contributed by atoms with van der Waals surface area (Å²) in [7, 11) is 0. The summed E-state index contributed by atoms with van der Waals surface area (Å²) in [5.41, 5.74) is 0. The minimum Gasteiger partial charge on any atom is -0.370 e. The van der Waals surface area contributed by atoms with E-state index in [1.54, 1.807) is 11.8 Å². The number of anilines is 2. The molecule has 0 atom stereocenters. The molecule has 0 saturated heterocycles. The summed E-state index contributed by atoms with van der Waals surface area (Å²) >= 11 is 1.59. The third-order valence-corrected chi connectivity index (χ3v) is 4.20. The maximum absolute atomic E-state index is 4.59. The van der Waals surface area contributed by atoms with Crippen LogP contribution in [-0.4, -0.2) is 28.8 Å². The van der Waals surface area contributed by atoms with Crippen LogP contribution in [0.4, 0.5) is 11.6 Å². The maximum Gasteiger partial charge on any atom is 0.191 e. The highest BCUT2D eigenvalue weighted by atomic mass is 32.2. The molecule has 1 aliphatic rings. The largest absolute Gasteiger partial charge is 0.370 e. The second-order valence-electron chi connectivity index (χ2n) is 5.38. The highest BCUT2D eigenvalue weighted by Gasteiger charge is 2.13. The fourth-order valence-corrected chi connectivity index (χ4v) is 2.95. The van der Waals surface area contributed by atoms with Gasteiger partial charge in [0, 0.05) is 18.7 Å². The van der Waals surface area contributed by atoms with Gasteiger partial charge in [-0.05, 0) is 25.5 Å². The Bertz CT molecular complexity index is 403. The molecule has 1 aromatic heterocycles. The molecule has 5 heteroatoms. The normalized spacial score (nSPS) is 16.7. The van der Waals surface area contributed by atoms with Gasteiger partial charge < -0.3 is 10.6 Å². The molecule has 2 rings (SSSR count). The Morgan fingerprint density at radius 2 is 1.85 bits per heavy atom. The highest BCUT2D eigenvalue weighted by molar-refractivity contribution is 7.98. The van der Waals surface area contributed by atoms with Crippen molar-refractivity contribution in [3.05, 3.63) is 6.07 Å². The fourth-order valence-electron chi connectivity index (χ4n) is 2.57. The van der Waals surface area contributed by atoms with Gasteiger partial charge in [-0.15, -0.1) is 0 Å². The first-order valence-corrected chi connectivity index (χ1v) is 8.97. The summed E-state index contributed by atoms with van der Waals surface area (Å²) in [6.45, 7) is 3.11. The van der Waals surface area contributed by atoms with E-state index in [1.807, 2.05) is 12.3 Å². The quantitative estimate of drug-likeness (QED) is 0.469. The molecule has 0 bridgehead atoms. The minimum absolute atomic E-state index is 0.570. The molecule has 1 aromatic rings. The van der Waals surface area contributed by atoms with E-state index < -0.39 is 0 Å². The van der Waals surface area contributed by atoms with Crippen molar-refractivity contribution in [1.29, 1.82) is 0 Å². The first-order chi connectivity index (χ1) is 9.81. The van der Waals surface area contributed by atoms with Crippen molar-refractivity contribution in [3.8, 4) is 0 Å². The van der Waals surface area contributed by atoms with Gasteiger partial charge in [-0.2, -0.15) is 0 Å². The molecule has 2 N–H and O–H groups in total. The SMILES string of the molecule is CCCNc1cc(NC2CCCCCC2)nc(SC)n1. The molecule has 112 valence electrons. The molecule has 1 fully saturated rings. The molecular weight excluding hydrogens is 268 g/mol. The number of thioether (sulfide) groups is 1. The van der Waals surface area contributed by atoms with Gasteiger partial charge in [0.1, 0.15) is 11.6 Å². The second kappa shape index (κ2) is 8.35. The lowest BCUT2D eigenvalue weighted by Crippen LogP contribution is -2.19. The third-order valence-electron chi connectivity index (χ3n) is 3.65. The standard InChI is InChI=1S/C15H26N4S/c1-3-10-16-13-11-14(19-15(18-13)20-2)17-12-8-6-4-5-7-9-12/h11-12H,3-10H2,1-2H3,(H2,16,17,18,19). The topological polar surface area (TPSA) is 49.8 Å². The number of hydrogen-bond acceptors (Lipinski definition) is 5. The second-order valence-corrected chi connectivity index (χ2v) is 6.16. The van der Waals surface area contributed by atoms with Gasteiger partial charge in [0.15, 0.2) is 5.16 Å². The van der Waals surface area contributed by atoms with Crippen molar-refractivity contribution in [2.45, 2.75) is 63.1 Å². The lowest BCUT2D eigenvalue weighted by atomic mass is 10.1. The van der Waals surface area contributed by atoms with E-state index in [9.17, 15) is 0 Å². The molecular formula is C15H26N4S. The zero-order chi connectivity index (χ0) is 14.2. The van der Waals surface area contributed by atoms with E-state index in [-0.39, 0.29) is 0 Å². The van der Waals surface area contributed by atoms with Crippen LogP contribution in [0.25, 0.3) is 0 Å². The monoisotopic (exact) mass is 294 g/mol. The number of aromatic nitrogens is 2. The van der Waals surface area contributed by atoms with Crippen molar-refractivity contribution >= 4 is 23.4 Å². The Morgan fingerprint density at radius 3 is 2.50 bits per heavy atom.